The lowest BCUT2D eigenvalue weighted by Crippen LogP contribution is -2.25. The van der Waals surface area contributed by atoms with Crippen LogP contribution < -0.4 is 10.1 Å². The third-order valence-electron chi connectivity index (χ3n) is 5.14. The minimum atomic E-state index is 0.0983. The van der Waals surface area contributed by atoms with Crippen molar-refractivity contribution in [1.29, 1.82) is 0 Å². The Bertz CT molecular complexity index is 466. The van der Waals surface area contributed by atoms with Crippen molar-refractivity contribution in [3.8, 4) is 11.5 Å². The molecule has 0 spiro atoms. The van der Waals surface area contributed by atoms with Gasteiger partial charge in [-0.1, -0.05) is 27.7 Å². The van der Waals surface area contributed by atoms with Crippen LogP contribution in [0.3, 0.4) is 0 Å². The van der Waals surface area contributed by atoms with Crippen molar-refractivity contribution in [1.82, 2.24) is 5.32 Å². The van der Waals surface area contributed by atoms with Crippen LogP contribution in [0.2, 0.25) is 0 Å². The maximum Gasteiger partial charge on any atom is 0.120 e. The molecule has 0 aliphatic heterocycles. The van der Waals surface area contributed by atoms with E-state index in [1.807, 2.05) is 6.07 Å². The van der Waals surface area contributed by atoms with Crippen molar-refractivity contribution < 1.29 is 9.84 Å². The summed E-state index contributed by atoms with van der Waals surface area (Å²) in [6.07, 6.45) is 0. The molecule has 1 aromatic rings. The first-order chi connectivity index (χ1) is 8.71. The van der Waals surface area contributed by atoms with E-state index in [1.165, 1.54) is 0 Å². The zero-order valence-electron chi connectivity index (χ0n) is 12.7. The fourth-order valence-corrected chi connectivity index (χ4v) is 2.96. The summed E-state index contributed by atoms with van der Waals surface area (Å²) < 4.78 is 5.22. The number of hydrogen-bond acceptors (Lipinski definition) is 3. The summed E-state index contributed by atoms with van der Waals surface area (Å²) in [5.74, 6) is 1.09. The quantitative estimate of drug-likeness (QED) is 0.873. The highest BCUT2D eigenvalue weighted by Crippen LogP contribution is 2.63. The monoisotopic (exact) mass is 263 g/mol. The summed E-state index contributed by atoms with van der Waals surface area (Å²) in [4.78, 5) is 0. The van der Waals surface area contributed by atoms with E-state index in [0.717, 1.165) is 11.3 Å². The van der Waals surface area contributed by atoms with Crippen LogP contribution in [0, 0.1) is 10.8 Å². The Balaban J connectivity index is 2.15. The lowest BCUT2D eigenvalue weighted by molar-refractivity contribution is 0.405. The van der Waals surface area contributed by atoms with Crippen molar-refractivity contribution in [3.05, 3.63) is 23.8 Å². The highest BCUT2D eigenvalue weighted by atomic mass is 16.5. The highest BCUT2D eigenvalue weighted by Gasteiger charge is 2.64. The molecule has 1 saturated carbocycles. The van der Waals surface area contributed by atoms with E-state index in [2.05, 4.69) is 39.9 Å². The van der Waals surface area contributed by atoms with Crippen molar-refractivity contribution in [2.45, 2.75) is 46.7 Å². The standard InChI is InChI=1S/C16H25NO2/c1-10(17-14-15(2,3)16(14,4)5)12-9-11(19-6)7-8-13(12)18/h7-10,14,17-18H,1-6H3. The first-order valence-corrected chi connectivity index (χ1v) is 6.84. The largest absolute Gasteiger partial charge is 0.508 e. The van der Waals surface area contributed by atoms with Crippen LogP contribution in [0.15, 0.2) is 18.2 Å². The zero-order chi connectivity index (χ0) is 14.4. The van der Waals surface area contributed by atoms with Crippen LogP contribution in [0.1, 0.15) is 46.2 Å². The normalized spacial score (nSPS) is 22.0. The topological polar surface area (TPSA) is 41.5 Å². The lowest BCUT2D eigenvalue weighted by Gasteiger charge is -2.18. The average Bonchev–Trinajstić information content (AvgIpc) is 2.72. The first-order valence-electron chi connectivity index (χ1n) is 6.84. The van der Waals surface area contributed by atoms with Crippen molar-refractivity contribution in [2.75, 3.05) is 7.11 Å². The Morgan fingerprint density at radius 2 is 1.79 bits per heavy atom. The molecular formula is C16H25NO2. The van der Waals surface area contributed by atoms with E-state index in [4.69, 9.17) is 4.74 Å². The number of benzene rings is 1. The van der Waals surface area contributed by atoms with Crippen LogP contribution in [-0.4, -0.2) is 18.3 Å². The van der Waals surface area contributed by atoms with Gasteiger partial charge in [0.25, 0.3) is 0 Å². The van der Waals surface area contributed by atoms with Crippen molar-refractivity contribution >= 4 is 0 Å². The Morgan fingerprint density at radius 3 is 2.26 bits per heavy atom. The molecule has 1 fully saturated rings. The van der Waals surface area contributed by atoms with Crippen LogP contribution in [0.25, 0.3) is 0 Å². The molecule has 1 aliphatic rings. The third-order valence-corrected chi connectivity index (χ3v) is 5.14. The molecule has 0 radical (unpaired) electrons. The predicted molar refractivity (Wildman–Crippen MR) is 77.6 cm³/mol. The second-order valence-electron chi connectivity index (χ2n) is 6.69. The molecule has 2 N–H and O–H groups in total. The summed E-state index contributed by atoms with van der Waals surface area (Å²) in [6.45, 7) is 11.2. The smallest absolute Gasteiger partial charge is 0.120 e. The molecule has 1 unspecified atom stereocenters. The number of methoxy groups -OCH3 is 1. The van der Waals surface area contributed by atoms with Gasteiger partial charge >= 0.3 is 0 Å². The molecule has 0 amide bonds. The molecule has 0 bridgehead atoms. The minimum Gasteiger partial charge on any atom is -0.508 e. The second-order valence-corrected chi connectivity index (χ2v) is 6.69. The summed E-state index contributed by atoms with van der Waals surface area (Å²) >= 11 is 0. The molecule has 0 saturated heterocycles. The molecule has 19 heavy (non-hydrogen) atoms. The maximum absolute atomic E-state index is 10.00. The number of phenolic OH excluding ortho intramolecular Hbond substituents is 1. The Kier molecular flexibility index (Phi) is 3.29. The Labute approximate surface area is 116 Å². The fraction of sp³-hybridized carbons (Fsp3) is 0.625. The van der Waals surface area contributed by atoms with Crippen LogP contribution in [0.5, 0.6) is 11.5 Å². The van der Waals surface area contributed by atoms with Gasteiger partial charge < -0.3 is 15.2 Å². The van der Waals surface area contributed by atoms with Crippen LogP contribution in [0.4, 0.5) is 0 Å². The molecule has 3 nitrogen and oxygen atoms in total. The van der Waals surface area contributed by atoms with E-state index >= 15 is 0 Å². The molecule has 2 rings (SSSR count). The maximum atomic E-state index is 10.00. The zero-order valence-corrected chi connectivity index (χ0v) is 12.7. The number of nitrogens with one attached hydrogen (secondary N) is 1. The van der Waals surface area contributed by atoms with Gasteiger partial charge in [0.05, 0.1) is 7.11 Å². The number of ether oxygens (including phenoxy) is 1. The molecule has 106 valence electrons. The summed E-state index contributed by atoms with van der Waals surface area (Å²) in [5.41, 5.74) is 1.46. The van der Waals surface area contributed by atoms with E-state index < -0.39 is 0 Å². The van der Waals surface area contributed by atoms with Crippen molar-refractivity contribution in [2.24, 2.45) is 10.8 Å². The van der Waals surface area contributed by atoms with Gasteiger partial charge in [0, 0.05) is 17.6 Å². The SMILES string of the molecule is COc1ccc(O)c(C(C)NC2C(C)(C)C2(C)C)c1. The number of phenols is 1. The van der Waals surface area contributed by atoms with Gasteiger partial charge in [-0.25, -0.2) is 0 Å². The number of hydrogen-bond donors (Lipinski definition) is 2. The summed E-state index contributed by atoms with van der Waals surface area (Å²) in [6, 6.07) is 5.92. The molecule has 3 heteroatoms. The van der Waals surface area contributed by atoms with Gasteiger partial charge in [0.15, 0.2) is 0 Å². The number of aromatic hydroxyl groups is 1. The van der Waals surface area contributed by atoms with E-state index in [1.54, 1.807) is 19.2 Å². The van der Waals surface area contributed by atoms with E-state index in [0.29, 0.717) is 11.8 Å². The van der Waals surface area contributed by atoms with E-state index in [-0.39, 0.29) is 16.9 Å². The fourth-order valence-electron chi connectivity index (χ4n) is 2.96. The van der Waals surface area contributed by atoms with Crippen LogP contribution in [-0.2, 0) is 0 Å². The summed E-state index contributed by atoms with van der Waals surface area (Å²) in [5, 5.41) is 13.6. The predicted octanol–water partition coefficient (Wildman–Crippen LogP) is 3.49. The van der Waals surface area contributed by atoms with Crippen LogP contribution >= 0.6 is 0 Å². The van der Waals surface area contributed by atoms with Gasteiger partial charge in [0.2, 0.25) is 0 Å². The van der Waals surface area contributed by atoms with Crippen molar-refractivity contribution in [3.63, 3.8) is 0 Å². The average molecular weight is 263 g/mol. The van der Waals surface area contributed by atoms with Gasteiger partial charge in [-0.05, 0) is 36.0 Å². The molecule has 0 aromatic heterocycles. The van der Waals surface area contributed by atoms with Gasteiger partial charge in [-0.2, -0.15) is 0 Å². The lowest BCUT2D eigenvalue weighted by atomic mass is 10.0. The minimum absolute atomic E-state index is 0.0983. The van der Waals surface area contributed by atoms with Gasteiger partial charge in [0.1, 0.15) is 11.5 Å². The molecule has 1 aromatic carbocycles. The van der Waals surface area contributed by atoms with E-state index in [9.17, 15) is 5.11 Å². The molecule has 0 heterocycles. The molecule has 1 atom stereocenters. The third kappa shape index (κ3) is 2.20. The second kappa shape index (κ2) is 4.41. The Morgan fingerprint density at radius 1 is 1.21 bits per heavy atom. The number of rotatable bonds is 4. The summed E-state index contributed by atoms with van der Waals surface area (Å²) in [7, 11) is 1.64. The highest BCUT2D eigenvalue weighted by molar-refractivity contribution is 5.41. The van der Waals surface area contributed by atoms with Gasteiger partial charge in [-0.15, -0.1) is 0 Å². The Hall–Kier alpha value is -1.22. The molecular weight excluding hydrogens is 238 g/mol. The van der Waals surface area contributed by atoms with Gasteiger partial charge in [-0.3, -0.25) is 0 Å². The first kappa shape index (κ1) is 14.2. The molecule has 1 aliphatic carbocycles.